The molecule has 0 aliphatic carbocycles. The third kappa shape index (κ3) is 3.03. The van der Waals surface area contributed by atoms with Gasteiger partial charge in [-0.1, -0.05) is 0 Å². The first-order valence-corrected chi connectivity index (χ1v) is 6.51. The lowest BCUT2D eigenvalue weighted by atomic mass is 10.0. The highest BCUT2D eigenvalue weighted by Gasteiger charge is 2.27. The molecule has 0 saturated carbocycles. The Bertz CT molecular complexity index is 450. The highest BCUT2D eigenvalue weighted by atomic mass is 32.2. The molecule has 0 unspecified atom stereocenters. The first-order valence-electron chi connectivity index (χ1n) is 5.02. The zero-order valence-corrected chi connectivity index (χ0v) is 10.6. The average Bonchev–Trinajstić information content (AvgIpc) is 2.49. The van der Waals surface area contributed by atoms with E-state index in [4.69, 9.17) is 5.73 Å². The molecule has 0 aliphatic rings. The molecule has 0 radical (unpaired) electrons. The monoisotopic (exact) mass is 246 g/mol. The van der Waals surface area contributed by atoms with Crippen LogP contribution in [-0.4, -0.2) is 30.7 Å². The molecule has 1 aromatic heterocycles. The van der Waals surface area contributed by atoms with Crippen LogP contribution in [0.25, 0.3) is 0 Å². The SMILES string of the molecule is Cc1[nH]ncc1S(=O)(=O)NC(C)(C)CCN. The summed E-state index contributed by atoms with van der Waals surface area (Å²) in [6.07, 6.45) is 1.87. The van der Waals surface area contributed by atoms with E-state index in [0.717, 1.165) is 0 Å². The van der Waals surface area contributed by atoms with Crippen molar-refractivity contribution in [2.24, 2.45) is 5.73 Å². The van der Waals surface area contributed by atoms with E-state index >= 15 is 0 Å². The number of sulfonamides is 1. The predicted molar refractivity (Wildman–Crippen MR) is 61.4 cm³/mol. The number of hydrogen-bond acceptors (Lipinski definition) is 4. The van der Waals surface area contributed by atoms with Gasteiger partial charge in [-0.05, 0) is 33.7 Å². The van der Waals surface area contributed by atoms with E-state index in [2.05, 4.69) is 14.9 Å². The molecule has 1 heterocycles. The molecule has 92 valence electrons. The molecule has 1 rings (SSSR count). The highest BCUT2D eigenvalue weighted by Crippen LogP contribution is 2.16. The van der Waals surface area contributed by atoms with Crippen LogP contribution in [0.2, 0.25) is 0 Å². The number of rotatable bonds is 5. The van der Waals surface area contributed by atoms with Crippen molar-refractivity contribution < 1.29 is 8.42 Å². The van der Waals surface area contributed by atoms with Gasteiger partial charge in [0.15, 0.2) is 0 Å². The lowest BCUT2D eigenvalue weighted by Crippen LogP contribution is -2.44. The van der Waals surface area contributed by atoms with Gasteiger partial charge in [0.05, 0.1) is 11.9 Å². The van der Waals surface area contributed by atoms with Gasteiger partial charge in [0, 0.05) is 5.54 Å². The fraction of sp³-hybridized carbons (Fsp3) is 0.667. The van der Waals surface area contributed by atoms with Gasteiger partial charge in [0.25, 0.3) is 0 Å². The Morgan fingerprint density at radius 3 is 2.62 bits per heavy atom. The van der Waals surface area contributed by atoms with E-state index in [9.17, 15) is 8.42 Å². The lowest BCUT2D eigenvalue weighted by Gasteiger charge is -2.24. The van der Waals surface area contributed by atoms with Crippen LogP contribution in [0.15, 0.2) is 11.1 Å². The van der Waals surface area contributed by atoms with Crippen LogP contribution in [0.5, 0.6) is 0 Å². The second kappa shape index (κ2) is 4.52. The zero-order valence-electron chi connectivity index (χ0n) is 9.74. The molecular formula is C9H18N4O2S. The molecule has 6 nitrogen and oxygen atoms in total. The molecule has 4 N–H and O–H groups in total. The van der Waals surface area contributed by atoms with Crippen LogP contribution in [0, 0.1) is 6.92 Å². The van der Waals surface area contributed by atoms with Crippen molar-refractivity contribution in [3.8, 4) is 0 Å². The van der Waals surface area contributed by atoms with Crippen molar-refractivity contribution in [2.75, 3.05) is 6.54 Å². The minimum Gasteiger partial charge on any atom is -0.330 e. The van der Waals surface area contributed by atoms with Gasteiger partial charge in [0.1, 0.15) is 4.90 Å². The summed E-state index contributed by atoms with van der Waals surface area (Å²) < 4.78 is 26.6. The summed E-state index contributed by atoms with van der Waals surface area (Å²) in [6, 6.07) is 0. The Labute approximate surface area is 95.7 Å². The topological polar surface area (TPSA) is 101 Å². The molecule has 0 fully saturated rings. The van der Waals surface area contributed by atoms with Gasteiger partial charge in [-0.3, -0.25) is 5.10 Å². The predicted octanol–water partition coefficient (Wildman–Crippen LogP) is 0.124. The zero-order chi connectivity index (χ0) is 12.4. The third-order valence-electron chi connectivity index (χ3n) is 2.25. The summed E-state index contributed by atoms with van der Waals surface area (Å²) in [5.74, 6) is 0. The first-order chi connectivity index (χ1) is 7.28. The number of aromatic amines is 1. The first kappa shape index (κ1) is 13.1. The largest absolute Gasteiger partial charge is 0.330 e. The van der Waals surface area contributed by atoms with E-state index < -0.39 is 15.6 Å². The van der Waals surface area contributed by atoms with Crippen molar-refractivity contribution in [3.05, 3.63) is 11.9 Å². The summed E-state index contributed by atoms with van der Waals surface area (Å²) in [5.41, 5.74) is 5.39. The molecule has 0 aliphatic heterocycles. The van der Waals surface area contributed by atoms with E-state index in [1.807, 2.05) is 0 Å². The minimum atomic E-state index is -3.53. The highest BCUT2D eigenvalue weighted by molar-refractivity contribution is 7.89. The van der Waals surface area contributed by atoms with Gasteiger partial charge in [0.2, 0.25) is 10.0 Å². The Morgan fingerprint density at radius 1 is 1.56 bits per heavy atom. The third-order valence-corrected chi connectivity index (χ3v) is 4.07. The van der Waals surface area contributed by atoms with Crippen molar-refractivity contribution >= 4 is 10.0 Å². The summed E-state index contributed by atoms with van der Waals surface area (Å²) in [6.45, 7) is 5.69. The molecular weight excluding hydrogens is 228 g/mol. The van der Waals surface area contributed by atoms with Crippen LogP contribution < -0.4 is 10.5 Å². The van der Waals surface area contributed by atoms with Crippen LogP contribution in [0.1, 0.15) is 26.0 Å². The molecule has 7 heteroatoms. The maximum Gasteiger partial charge on any atom is 0.244 e. The van der Waals surface area contributed by atoms with Gasteiger partial charge in [-0.15, -0.1) is 0 Å². The van der Waals surface area contributed by atoms with Crippen molar-refractivity contribution in [2.45, 2.75) is 37.6 Å². The molecule has 0 bridgehead atoms. The van der Waals surface area contributed by atoms with Gasteiger partial charge in [-0.25, -0.2) is 13.1 Å². The Morgan fingerprint density at radius 2 is 2.19 bits per heavy atom. The number of aromatic nitrogens is 2. The Balaban J connectivity index is 2.93. The van der Waals surface area contributed by atoms with E-state index in [0.29, 0.717) is 18.7 Å². The standard InChI is InChI=1S/C9H18N4O2S/c1-7-8(6-11-12-7)16(14,15)13-9(2,3)4-5-10/h6,13H,4-5,10H2,1-3H3,(H,11,12). The van der Waals surface area contributed by atoms with Crippen LogP contribution >= 0.6 is 0 Å². The lowest BCUT2D eigenvalue weighted by molar-refractivity contribution is 0.428. The minimum absolute atomic E-state index is 0.178. The fourth-order valence-electron chi connectivity index (χ4n) is 1.44. The maximum atomic E-state index is 12.0. The molecule has 0 spiro atoms. The van der Waals surface area contributed by atoms with Crippen molar-refractivity contribution in [1.29, 1.82) is 0 Å². The average molecular weight is 246 g/mol. The number of nitrogens with zero attached hydrogens (tertiary/aromatic N) is 1. The number of H-pyrrole nitrogens is 1. The van der Waals surface area contributed by atoms with E-state index in [1.54, 1.807) is 20.8 Å². The number of aryl methyl sites for hydroxylation is 1. The number of nitrogens with one attached hydrogen (secondary N) is 2. The van der Waals surface area contributed by atoms with Crippen molar-refractivity contribution in [3.63, 3.8) is 0 Å². The number of hydrogen-bond donors (Lipinski definition) is 3. The second-order valence-corrected chi connectivity index (χ2v) is 6.04. The Kier molecular flexibility index (Phi) is 3.72. The van der Waals surface area contributed by atoms with Crippen LogP contribution in [-0.2, 0) is 10.0 Å². The molecule has 0 atom stereocenters. The van der Waals surface area contributed by atoms with Crippen molar-refractivity contribution in [1.82, 2.24) is 14.9 Å². The Hall–Kier alpha value is -0.920. The van der Waals surface area contributed by atoms with E-state index in [-0.39, 0.29) is 4.90 Å². The van der Waals surface area contributed by atoms with Gasteiger partial charge >= 0.3 is 0 Å². The molecule has 1 aromatic rings. The summed E-state index contributed by atoms with van der Waals surface area (Å²) in [5, 5.41) is 6.29. The van der Waals surface area contributed by atoms with Crippen LogP contribution in [0.4, 0.5) is 0 Å². The summed E-state index contributed by atoms with van der Waals surface area (Å²) in [7, 11) is -3.53. The smallest absolute Gasteiger partial charge is 0.244 e. The molecule has 16 heavy (non-hydrogen) atoms. The molecule has 0 aromatic carbocycles. The molecule has 0 amide bonds. The van der Waals surface area contributed by atoms with Gasteiger partial charge in [-0.2, -0.15) is 5.10 Å². The quantitative estimate of drug-likeness (QED) is 0.687. The second-order valence-electron chi connectivity index (χ2n) is 4.39. The molecule has 0 saturated heterocycles. The maximum absolute atomic E-state index is 12.0. The normalized spacial score (nSPS) is 13.0. The van der Waals surface area contributed by atoms with E-state index in [1.165, 1.54) is 6.20 Å². The van der Waals surface area contributed by atoms with Crippen LogP contribution in [0.3, 0.4) is 0 Å². The van der Waals surface area contributed by atoms with Gasteiger partial charge < -0.3 is 5.73 Å². The summed E-state index contributed by atoms with van der Waals surface area (Å²) in [4.78, 5) is 0.178. The fourth-order valence-corrected chi connectivity index (χ4v) is 3.02. The number of nitrogens with two attached hydrogens (primary N) is 1. The summed E-state index contributed by atoms with van der Waals surface area (Å²) >= 11 is 0.